The summed E-state index contributed by atoms with van der Waals surface area (Å²) in [7, 11) is 0. The predicted molar refractivity (Wildman–Crippen MR) is 76.2 cm³/mol. The van der Waals surface area contributed by atoms with Gasteiger partial charge in [-0.25, -0.2) is 8.78 Å². The van der Waals surface area contributed by atoms with E-state index in [0.29, 0.717) is 32.2 Å². The van der Waals surface area contributed by atoms with Crippen LogP contribution in [0.1, 0.15) is 29.6 Å². The van der Waals surface area contributed by atoms with E-state index in [0.717, 1.165) is 25.3 Å². The number of benzene rings is 1. The molecule has 3 rings (SSSR count). The second-order valence-electron chi connectivity index (χ2n) is 5.87. The van der Waals surface area contributed by atoms with Crippen molar-refractivity contribution in [3.63, 3.8) is 0 Å². The molecule has 1 aliphatic carbocycles. The standard InChI is InChI=1S/C16H18F2N2O2/c17-12-4-5-13(14(18)10-12)16(22)20-8-6-19(7-9-20)15(21)11-2-1-3-11/h4-5,10-11H,1-3,6-9H2. The zero-order chi connectivity index (χ0) is 15.7. The van der Waals surface area contributed by atoms with Crippen LogP contribution in [0.2, 0.25) is 0 Å². The number of carbonyl (C=O) groups is 2. The second-order valence-corrected chi connectivity index (χ2v) is 5.87. The Morgan fingerprint density at radius 3 is 2.18 bits per heavy atom. The fourth-order valence-electron chi connectivity index (χ4n) is 2.88. The maximum atomic E-state index is 13.7. The molecule has 0 spiro atoms. The Morgan fingerprint density at radius 2 is 1.64 bits per heavy atom. The minimum Gasteiger partial charge on any atom is -0.339 e. The summed E-state index contributed by atoms with van der Waals surface area (Å²) < 4.78 is 26.6. The van der Waals surface area contributed by atoms with Gasteiger partial charge in [0.15, 0.2) is 0 Å². The lowest BCUT2D eigenvalue weighted by atomic mass is 9.84. The van der Waals surface area contributed by atoms with E-state index in [2.05, 4.69) is 0 Å². The molecule has 0 aromatic heterocycles. The molecule has 0 atom stereocenters. The second kappa shape index (κ2) is 6.02. The van der Waals surface area contributed by atoms with Gasteiger partial charge in [-0.15, -0.1) is 0 Å². The maximum absolute atomic E-state index is 13.7. The number of piperazine rings is 1. The highest BCUT2D eigenvalue weighted by atomic mass is 19.1. The highest BCUT2D eigenvalue weighted by Gasteiger charge is 2.32. The highest BCUT2D eigenvalue weighted by Crippen LogP contribution is 2.28. The Morgan fingerprint density at radius 1 is 1.00 bits per heavy atom. The summed E-state index contributed by atoms with van der Waals surface area (Å²) in [5, 5.41) is 0. The molecular formula is C16H18F2N2O2. The van der Waals surface area contributed by atoms with Gasteiger partial charge in [0.2, 0.25) is 5.91 Å². The minimum atomic E-state index is -0.849. The Balaban J connectivity index is 1.60. The monoisotopic (exact) mass is 308 g/mol. The number of hydrogen-bond acceptors (Lipinski definition) is 2. The molecule has 6 heteroatoms. The van der Waals surface area contributed by atoms with Gasteiger partial charge >= 0.3 is 0 Å². The summed E-state index contributed by atoms with van der Waals surface area (Å²) in [6, 6.07) is 2.95. The fraction of sp³-hybridized carbons (Fsp3) is 0.500. The smallest absolute Gasteiger partial charge is 0.256 e. The predicted octanol–water partition coefficient (Wildman–Crippen LogP) is 2.05. The van der Waals surface area contributed by atoms with Crippen LogP contribution in [0.15, 0.2) is 18.2 Å². The summed E-state index contributed by atoms with van der Waals surface area (Å²) in [5.41, 5.74) is -0.125. The van der Waals surface area contributed by atoms with Gasteiger partial charge in [-0.1, -0.05) is 6.42 Å². The van der Waals surface area contributed by atoms with Crippen LogP contribution in [0.25, 0.3) is 0 Å². The van der Waals surface area contributed by atoms with Gasteiger partial charge < -0.3 is 9.80 Å². The summed E-state index contributed by atoms with van der Waals surface area (Å²) in [4.78, 5) is 27.7. The molecule has 118 valence electrons. The number of halogens is 2. The van der Waals surface area contributed by atoms with Crippen molar-refractivity contribution >= 4 is 11.8 Å². The molecule has 0 radical (unpaired) electrons. The van der Waals surface area contributed by atoms with Crippen LogP contribution in [0, 0.1) is 17.6 Å². The van der Waals surface area contributed by atoms with Crippen molar-refractivity contribution in [1.82, 2.24) is 9.80 Å². The molecule has 2 fully saturated rings. The zero-order valence-corrected chi connectivity index (χ0v) is 12.2. The first-order valence-corrected chi connectivity index (χ1v) is 7.59. The van der Waals surface area contributed by atoms with E-state index in [1.807, 2.05) is 0 Å². The Labute approximate surface area is 127 Å². The quantitative estimate of drug-likeness (QED) is 0.839. The van der Waals surface area contributed by atoms with Crippen LogP contribution in [-0.2, 0) is 4.79 Å². The third kappa shape index (κ3) is 2.82. The third-order valence-corrected chi connectivity index (χ3v) is 4.49. The first-order chi connectivity index (χ1) is 10.6. The summed E-state index contributed by atoms with van der Waals surface area (Å²) in [6.07, 6.45) is 3.02. The van der Waals surface area contributed by atoms with Crippen molar-refractivity contribution in [2.45, 2.75) is 19.3 Å². The number of nitrogens with zero attached hydrogens (tertiary/aromatic N) is 2. The normalized spacial score (nSPS) is 19.0. The fourth-order valence-corrected chi connectivity index (χ4v) is 2.88. The molecule has 1 saturated heterocycles. The van der Waals surface area contributed by atoms with Gasteiger partial charge in [0.1, 0.15) is 11.6 Å². The molecule has 2 amide bonds. The molecule has 0 N–H and O–H groups in total. The summed E-state index contributed by atoms with van der Waals surface area (Å²) in [6.45, 7) is 1.72. The average molecular weight is 308 g/mol. The van der Waals surface area contributed by atoms with Crippen LogP contribution in [0.4, 0.5) is 8.78 Å². The zero-order valence-electron chi connectivity index (χ0n) is 12.2. The van der Waals surface area contributed by atoms with Gasteiger partial charge in [0, 0.05) is 38.2 Å². The molecule has 1 aromatic carbocycles. The van der Waals surface area contributed by atoms with Gasteiger partial charge in [-0.2, -0.15) is 0 Å². The summed E-state index contributed by atoms with van der Waals surface area (Å²) >= 11 is 0. The van der Waals surface area contributed by atoms with E-state index >= 15 is 0 Å². The number of carbonyl (C=O) groups excluding carboxylic acids is 2. The SMILES string of the molecule is O=C(c1ccc(F)cc1F)N1CCN(C(=O)C2CCC2)CC1. The topological polar surface area (TPSA) is 40.6 Å². The number of rotatable bonds is 2. The molecule has 1 aliphatic heterocycles. The van der Waals surface area contributed by atoms with E-state index in [1.165, 1.54) is 11.0 Å². The van der Waals surface area contributed by atoms with Crippen molar-refractivity contribution in [3.05, 3.63) is 35.4 Å². The van der Waals surface area contributed by atoms with Crippen molar-refractivity contribution in [2.75, 3.05) is 26.2 Å². The van der Waals surface area contributed by atoms with E-state index in [-0.39, 0.29) is 17.4 Å². The van der Waals surface area contributed by atoms with Gasteiger partial charge in [-0.3, -0.25) is 9.59 Å². The molecule has 1 heterocycles. The molecule has 1 saturated carbocycles. The molecule has 2 aliphatic rings. The van der Waals surface area contributed by atoms with Crippen LogP contribution in [-0.4, -0.2) is 47.8 Å². The lowest BCUT2D eigenvalue weighted by molar-refractivity contribution is -0.139. The van der Waals surface area contributed by atoms with E-state index < -0.39 is 17.5 Å². The van der Waals surface area contributed by atoms with Crippen molar-refractivity contribution in [1.29, 1.82) is 0 Å². The number of amides is 2. The largest absolute Gasteiger partial charge is 0.339 e. The van der Waals surface area contributed by atoms with E-state index in [1.54, 1.807) is 4.90 Å². The summed E-state index contributed by atoms with van der Waals surface area (Å²) in [5.74, 6) is -1.68. The van der Waals surface area contributed by atoms with Gasteiger partial charge in [0.25, 0.3) is 5.91 Å². The maximum Gasteiger partial charge on any atom is 0.256 e. The third-order valence-electron chi connectivity index (χ3n) is 4.49. The highest BCUT2D eigenvalue weighted by molar-refractivity contribution is 5.94. The lowest BCUT2D eigenvalue weighted by Crippen LogP contribution is -2.52. The Hall–Kier alpha value is -1.98. The number of hydrogen-bond donors (Lipinski definition) is 0. The first kappa shape index (κ1) is 14.9. The Bertz CT molecular complexity index is 594. The van der Waals surface area contributed by atoms with E-state index in [4.69, 9.17) is 0 Å². The molecule has 22 heavy (non-hydrogen) atoms. The van der Waals surface area contributed by atoms with E-state index in [9.17, 15) is 18.4 Å². The molecule has 1 aromatic rings. The Kier molecular flexibility index (Phi) is 4.09. The van der Waals surface area contributed by atoms with Crippen molar-refractivity contribution < 1.29 is 18.4 Å². The van der Waals surface area contributed by atoms with Crippen LogP contribution in [0.5, 0.6) is 0 Å². The average Bonchev–Trinajstić information content (AvgIpc) is 2.45. The van der Waals surface area contributed by atoms with Gasteiger partial charge in [0.05, 0.1) is 5.56 Å². The molecule has 4 nitrogen and oxygen atoms in total. The van der Waals surface area contributed by atoms with Crippen LogP contribution >= 0.6 is 0 Å². The van der Waals surface area contributed by atoms with Crippen LogP contribution < -0.4 is 0 Å². The molecule has 0 unspecified atom stereocenters. The van der Waals surface area contributed by atoms with Crippen molar-refractivity contribution in [2.24, 2.45) is 5.92 Å². The molecule has 0 bridgehead atoms. The lowest BCUT2D eigenvalue weighted by Gasteiger charge is -2.38. The van der Waals surface area contributed by atoms with Crippen molar-refractivity contribution in [3.8, 4) is 0 Å². The first-order valence-electron chi connectivity index (χ1n) is 7.59. The minimum absolute atomic E-state index is 0.125. The van der Waals surface area contributed by atoms with Crippen LogP contribution in [0.3, 0.4) is 0 Å². The molecular weight excluding hydrogens is 290 g/mol. The van der Waals surface area contributed by atoms with Gasteiger partial charge in [-0.05, 0) is 25.0 Å².